The highest BCUT2D eigenvalue weighted by molar-refractivity contribution is 6.30. The zero-order chi connectivity index (χ0) is 24.1. The van der Waals surface area contributed by atoms with E-state index in [-0.39, 0.29) is 35.1 Å². The Morgan fingerprint density at radius 1 is 1.15 bits per heavy atom. The lowest BCUT2D eigenvalue weighted by Gasteiger charge is -2.11. The quantitative estimate of drug-likeness (QED) is 0.213. The minimum absolute atomic E-state index is 0.00670. The van der Waals surface area contributed by atoms with Crippen LogP contribution in [-0.2, 0) is 6.54 Å². The van der Waals surface area contributed by atoms with Gasteiger partial charge in [0, 0.05) is 10.7 Å². The van der Waals surface area contributed by atoms with Crippen molar-refractivity contribution in [3.8, 4) is 5.82 Å². The first-order valence-electron chi connectivity index (χ1n) is 9.68. The molecule has 13 nitrogen and oxygen atoms in total. The van der Waals surface area contributed by atoms with Gasteiger partial charge >= 0.3 is 0 Å². The summed E-state index contributed by atoms with van der Waals surface area (Å²) in [5.74, 6) is -1.28. The zero-order valence-electron chi connectivity index (χ0n) is 17.3. The number of halogens is 1. The number of aromatic nitrogens is 5. The van der Waals surface area contributed by atoms with Crippen LogP contribution in [-0.4, -0.2) is 43.3 Å². The molecule has 0 unspecified atom stereocenters. The highest BCUT2D eigenvalue weighted by Gasteiger charge is 2.24. The lowest BCUT2D eigenvalue weighted by Crippen LogP contribution is -2.22. The van der Waals surface area contributed by atoms with Crippen LogP contribution in [0, 0.1) is 0 Å². The summed E-state index contributed by atoms with van der Waals surface area (Å²) in [7, 11) is 0. The van der Waals surface area contributed by atoms with Crippen molar-refractivity contribution < 1.29 is 14.2 Å². The molecule has 2 amide bonds. The van der Waals surface area contributed by atoms with Crippen LogP contribution in [0.25, 0.3) is 5.82 Å². The fourth-order valence-corrected chi connectivity index (χ4v) is 3.07. The molecule has 0 aliphatic heterocycles. The summed E-state index contributed by atoms with van der Waals surface area (Å²) in [6.07, 6.45) is 1.44. The molecule has 172 valence electrons. The van der Waals surface area contributed by atoms with Gasteiger partial charge in [-0.25, -0.2) is 10.1 Å². The van der Waals surface area contributed by atoms with Gasteiger partial charge in [-0.2, -0.15) is 9.78 Å². The largest absolute Gasteiger partial charge is 0.379 e. The Hall–Kier alpha value is -4.78. The van der Waals surface area contributed by atoms with Gasteiger partial charge in [0.15, 0.2) is 5.69 Å². The SMILES string of the molecule is NC(=O)c1ccccc1NCc1c(C(=O)N/N=C/c2ccc(Cl)cc2)nnn1-c1nonc1N. The number of primary amides is 1. The van der Waals surface area contributed by atoms with Crippen LogP contribution in [0.5, 0.6) is 0 Å². The molecule has 2 heterocycles. The molecule has 0 aliphatic carbocycles. The molecule has 0 fully saturated rings. The monoisotopic (exact) mass is 480 g/mol. The minimum Gasteiger partial charge on any atom is -0.379 e. The van der Waals surface area contributed by atoms with Gasteiger partial charge in [-0.1, -0.05) is 41.1 Å². The van der Waals surface area contributed by atoms with E-state index in [1.54, 1.807) is 48.5 Å². The molecular weight excluding hydrogens is 464 g/mol. The van der Waals surface area contributed by atoms with Crippen LogP contribution in [0.3, 0.4) is 0 Å². The van der Waals surface area contributed by atoms with Gasteiger partial charge in [0.2, 0.25) is 11.6 Å². The number of benzene rings is 2. The molecule has 0 saturated heterocycles. The minimum atomic E-state index is -0.647. The summed E-state index contributed by atoms with van der Waals surface area (Å²) < 4.78 is 5.83. The van der Waals surface area contributed by atoms with E-state index in [9.17, 15) is 9.59 Å². The van der Waals surface area contributed by atoms with Crippen LogP contribution in [0.15, 0.2) is 58.3 Å². The number of amides is 2. The topological polar surface area (TPSA) is 192 Å². The number of nitrogen functional groups attached to an aromatic ring is 1. The van der Waals surface area contributed by atoms with Gasteiger partial charge in [0.1, 0.15) is 0 Å². The van der Waals surface area contributed by atoms with Crippen molar-refractivity contribution in [2.24, 2.45) is 10.8 Å². The van der Waals surface area contributed by atoms with Gasteiger partial charge in [0.05, 0.1) is 24.0 Å². The summed E-state index contributed by atoms with van der Waals surface area (Å²) in [6, 6.07) is 13.5. The second-order valence-corrected chi connectivity index (χ2v) is 7.22. The normalized spacial score (nSPS) is 11.0. The molecule has 0 spiro atoms. The standard InChI is InChI=1S/C20H17ClN10O3/c21-12-7-5-11(6-8-12)9-25-27-20(33)16-15(31(30-26-16)19-17(22)28-34-29-19)10-24-14-4-2-1-3-13(14)18(23)32/h1-9,24H,10H2,(H2,22,28)(H2,23,32)(H,27,33)/b25-9+. The van der Waals surface area contributed by atoms with E-state index < -0.39 is 11.8 Å². The van der Waals surface area contributed by atoms with Crippen molar-refractivity contribution in [1.82, 2.24) is 30.7 Å². The summed E-state index contributed by atoms with van der Waals surface area (Å²) in [5.41, 5.74) is 15.2. The molecule has 0 atom stereocenters. The summed E-state index contributed by atoms with van der Waals surface area (Å²) in [6.45, 7) is -0.00670. The van der Waals surface area contributed by atoms with Crippen molar-refractivity contribution >= 4 is 41.1 Å². The summed E-state index contributed by atoms with van der Waals surface area (Å²) in [4.78, 5) is 24.5. The first kappa shape index (κ1) is 22.4. The van der Waals surface area contributed by atoms with Crippen LogP contribution in [0.4, 0.5) is 11.5 Å². The predicted octanol–water partition coefficient (Wildman–Crippen LogP) is 1.36. The Kier molecular flexibility index (Phi) is 6.45. The zero-order valence-corrected chi connectivity index (χ0v) is 18.1. The third-order valence-corrected chi connectivity index (χ3v) is 4.81. The number of nitrogens with one attached hydrogen (secondary N) is 2. The van der Waals surface area contributed by atoms with Gasteiger partial charge in [-0.15, -0.1) is 5.10 Å². The number of hydrazone groups is 1. The maximum absolute atomic E-state index is 12.8. The van der Waals surface area contributed by atoms with Gasteiger partial charge in [-0.3, -0.25) is 9.59 Å². The highest BCUT2D eigenvalue weighted by Crippen LogP contribution is 2.19. The molecule has 0 bridgehead atoms. The van der Waals surface area contributed by atoms with Crippen LogP contribution >= 0.6 is 11.6 Å². The Bertz CT molecular complexity index is 1360. The Labute approximate surface area is 196 Å². The molecule has 2 aromatic heterocycles. The van der Waals surface area contributed by atoms with Crippen LogP contribution in [0.2, 0.25) is 5.02 Å². The van der Waals surface area contributed by atoms with E-state index in [0.717, 1.165) is 5.56 Å². The Balaban J connectivity index is 1.60. The lowest BCUT2D eigenvalue weighted by atomic mass is 10.1. The summed E-state index contributed by atoms with van der Waals surface area (Å²) >= 11 is 5.86. The number of para-hydroxylation sites is 1. The fraction of sp³-hybridized carbons (Fsp3) is 0.0500. The van der Waals surface area contributed by atoms with E-state index in [1.165, 1.54) is 10.9 Å². The number of carbonyl (C=O) groups is 2. The molecule has 34 heavy (non-hydrogen) atoms. The Morgan fingerprint density at radius 3 is 2.62 bits per heavy atom. The van der Waals surface area contributed by atoms with Crippen molar-refractivity contribution in [2.75, 3.05) is 11.1 Å². The Morgan fingerprint density at radius 2 is 1.91 bits per heavy atom. The average Bonchev–Trinajstić information content (AvgIpc) is 3.44. The second-order valence-electron chi connectivity index (χ2n) is 6.78. The molecule has 4 aromatic rings. The van der Waals surface area contributed by atoms with E-state index in [1.807, 2.05) is 0 Å². The third-order valence-electron chi connectivity index (χ3n) is 4.56. The molecule has 14 heteroatoms. The van der Waals surface area contributed by atoms with E-state index in [0.29, 0.717) is 10.7 Å². The smallest absolute Gasteiger partial charge is 0.293 e. The van der Waals surface area contributed by atoms with Crippen molar-refractivity contribution in [3.63, 3.8) is 0 Å². The van der Waals surface area contributed by atoms with Gasteiger partial charge in [-0.05, 0) is 40.1 Å². The number of carbonyl (C=O) groups excluding carboxylic acids is 2. The van der Waals surface area contributed by atoms with Crippen LogP contribution < -0.4 is 22.2 Å². The van der Waals surface area contributed by atoms with E-state index in [2.05, 4.69) is 41.1 Å². The van der Waals surface area contributed by atoms with Gasteiger partial charge in [0.25, 0.3) is 11.8 Å². The first-order valence-corrected chi connectivity index (χ1v) is 10.1. The molecule has 0 aliphatic rings. The molecule has 0 saturated carbocycles. The van der Waals surface area contributed by atoms with E-state index >= 15 is 0 Å². The molecule has 6 N–H and O–H groups in total. The number of anilines is 2. The number of nitrogens with two attached hydrogens (primary N) is 2. The highest BCUT2D eigenvalue weighted by atomic mass is 35.5. The van der Waals surface area contributed by atoms with Gasteiger partial charge < -0.3 is 16.8 Å². The fourth-order valence-electron chi connectivity index (χ4n) is 2.94. The number of rotatable bonds is 8. The molecule has 0 radical (unpaired) electrons. The first-order chi connectivity index (χ1) is 16.4. The lowest BCUT2D eigenvalue weighted by molar-refractivity contribution is 0.0947. The van der Waals surface area contributed by atoms with E-state index in [4.69, 9.17) is 23.1 Å². The number of nitrogens with zero attached hydrogens (tertiary/aromatic N) is 6. The third kappa shape index (κ3) is 4.83. The maximum atomic E-state index is 12.8. The van der Waals surface area contributed by atoms with Crippen molar-refractivity contribution in [3.05, 3.63) is 76.1 Å². The second kappa shape index (κ2) is 9.79. The van der Waals surface area contributed by atoms with Crippen molar-refractivity contribution in [1.29, 1.82) is 0 Å². The number of hydrogen-bond donors (Lipinski definition) is 4. The van der Waals surface area contributed by atoms with Crippen molar-refractivity contribution in [2.45, 2.75) is 6.54 Å². The summed E-state index contributed by atoms with van der Waals surface area (Å²) in [5, 5.41) is 22.7. The maximum Gasteiger partial charge on any atom is 0.293 e. The molecular formula is C20H17ClN10O3. The number of hydrogen-bond acceptors (Lipinski definition) is 10. The molecule has 4 rings (SSSR count). The predicted molar refractivity (Wildman–Crippen MR) is 122 cm³/mol. The average molecular weight is 481 g/mol. The molecule has 2 aromatic carbocycles. The van der Waals surface area contributed by atoms with Crippen LogP contribution in [0.1, 0.15) is 32.1 Å².